The molecular weight excluding hydrogens is 214 g/mol. The third kappa shape index (κ3) is 2.94. The highest BCUT2D eigenvalue weighted by Crippen LogP contribution is 2.30. The molecule has 0 radical (unpaired) electrons. The number of esters is 1. The fourth-order valence-electron chi connectivity index (χ4n) is 1.76. The Labute approximate surface area is 102 Å². The van der Waals surface area contributed by atoms with Gasteiger partial charge in [0.25, 0.3) is 0 Å². The summed E-state index contributed by atoms with van der Waals surface area (Å²) >= 11 is 0. The Kier molecular flexibility index (Phi) is 4.46. The van der Waals surface area contributed by atoms with Crippen LogP contribution in [-0.2, 0) is 15.1 Å². The molecule has 0 saturated carbocycles. The molecule has 1 rings (SSSR count). The Bertz CT molecular complexity index is 411. The van der Waals surface area contributed by atoms with Crippen molar-refractivity contribution >= 4 is 5.97 Å². The van der Waals surface area contributed by atoms with E-state index in [0.717, 1.165) is 11.1 Å². The van der Waals surface area contributed by atoms with E-state index >= 15 is 0 Å². The van der Waals surface area contributed by atoms with Crippen LogP contribution in [0.1, 0.15) is 25.8 Å². The number of ether oxygens (including phenoxy) is 1. The fraction of sp³-hybridized carbons (Fsp3) is 0.357. The molecule has 1 atom stereocenters. The van der Waals surface area contributed by atoms with E-state index in [4.69, 9.17) is 10.5 Å². The van der Waals surface area contributed by atoms with E-state index in [1.807, 2.05) is 50.3 Å². The number of allylic oxidation sites excluding steroid dienone is 1. The summed E-state index contributed by atoms with van der Waals surface area (Å²) in [5, 5.41) is 0. The molecule has 17 heavy (non-hydrogen) atoms. The number of benzene rings is 1. The number of carbonyl (C=O) groups excluding carboxylic acids is 1. The number of methoxy groups -OCH3 is 1. The quantitative estimate of drug-likeness (QED) is 0.641. The zero-order valence-corrected chi connectivity index (χ0v) is 10.6. The molecule has 0 fully saturated rings. The minimum atomic E-state index is -0.789. The predicted octanol–water partition coefficient (Wildman–Crippen LogP) is 2.37. The Morgan fingerprint density at radius 3 is 2.47 bits per heavy atom. The third-order valence-corrected chi connectivity index (χ3v) is 3.08. The van der Waals surface area contributed by atoms with Gasteiger partial charge in [-0.05, 0) is 19.4 Å². The van der Waals surface area contributed by atoms with Crippen LogP contribution in [0.5, 0.6) is 0 Å². The number of carbonyl (C=O) groups is 1. The van der Waals surface area contributed by atoms with Crippen LogP contribution in [0.3, 0.4) is 0 Å². The van der Waals surface area contributed by atoms with Gasteiger partial charge in [0.1, 0.15) is 0 Å². The van der Waals surface area contributed by atoms with E-state index in [0.29, 0.717) is 0 Å². The lowest BCUT2D eigenvalue weighted by Gasteiger charge is -2.30. The van der Waals surface area contributed by atoms with Gasteiger partial charge in [-0.15, -0.1) is 0 Å². The van der Waals surface area contributed by atoms with Crippen molar-refractivity contribution in [3.8, 4) is 0 Å². The number of hydrogen-bond acceptors (Lipinski definition) is 3. The van der Waals surface area contributed by atoms with E-state index in [1.54, 1.807) is 0 Å². The van der Waals surface area contributed by atoms with Crippen molar-refractivity contribution in [3.63, 3.8) is 0 Å². The topological polar surface area (TPSA) is 52.3 Å². The summed E-state index contributed by atoms with van der Waals surface area (Å²) in [5.41, 5.74) is 7.46. The maximum Gasteiger partial charge on any atom is 0.308 e. The molecule has 0 aliphatic carbocycles. The van der Waals surface area contributed by atoms with Gasteiger partial charge in [0.2, 0.25) is 0 Å². The van der Waals surface area contributed by atoms with Crippen LogP contribution in [0.2, 0.25) is 0 Å². The van der Waals surface area contributed by atoms with E-state index in [-0.39, 0.29) is 12.4 Å². The van der Waals surface area contributed by atoms with E-state index < -0.39 is 5.54 Å². The normalized spacial score (nSPS) is 15.2. The first-order valence-corrected chi connectivity index (χ1v) is 5.59. The molecule has 0 bridgehead atoms. The zero-order valence-electron chi connectivity index (χ0n) is 10.6. The van der Waals surface area contributed by atoms with Gasteiger partial charge in [-0.3, -0.25) is 4.79 Å². The summed E-state index contributed by atoms with van der Waals surface area (Å²) < 4.78 is 4.72. The van der Waals surface area contributed by atoms with E-state index in [2.05, 4.69) is 0 Å². The molecule has 0 heterocycles. The minimum absolute atomic E-state index is 0.143. The monoisotopic (exact) mass is 233 g/mol. The Morgan fingerprint density at radius 1 is 1.41 bits per heavy atom. The molecule has 3 nitrogen and oxygen atoms in total. The second-order valence-corrected chi connectivity index (χ2v) is 4.06. The van der Waals surface area contributed by atoms with Crippen LogP contribution in [0.15, 0.2) is 42.0 Å². The summed E-state index contributed by atoms with van der Waals surface area (Å²) in [6.07, 6.45) is 2.07. The summed E-state index contributed by atoms with van der Waals surface area (Å²) in [6.45, 7) is 3.84. The van der Waals surface area contributed by atoms with Gasteiger partial charge in [0.05, 0.1) is 19.1 Å². The van der Waals surface area contributed by atoms with Gasteiger partial charge >= 0.3 is 5.97 Å². The fourth-order valence-corrected chi connectivity index (χ4v) is 1.76. The summed E-state index contributed by atoms with van der Waals surface area (Å²) in [4.78, 5) is 11.5. The van der Waals surface area contributed by atoms with Crippen molar-refractivity contribution in [2.24, 2.45) is 5.73 Å². The van der Waals surface area contributed by atoms with Crippen molar-refractivity contribution in [2.75, 3.05) is 7.11 Å². The van der Waals surface area contributed by atoms with Crippen molar-refractivity contribution in [1.29, 1.82) is 0 Å². The Balaban J connectivity index is 3.16. The number of nitrogens with two attached hydrogens (primary N) is 1. The maximum atomic E-state index is 11.5. The SMILES string of the molecule is C/C=C(/C)C(N)(CC(=O)OC)c1ccccc1. The molecule has 1 aromatic carbocycles. The molecule has 3 heteroatoms. The van der Waals surface area contributed by atoms with E-state index in [9.17, 15) is 4.79 Å². The highest BCUT2D eigenvalue weighted by Gasteiger charge is 2.32. The lowest BCUT2D eigenvalue weighted by molar-refractivity contribution is -0.141. The molecule has 0 aliphatic heterocycles. The van der Waals surface area contributed by atoms with Crippen molar-refractivity contribution < 1.29 is 9.53 Å². The lowest BCUT2D eigenvalue weighted by atomic mass is 9.81. The summed E-state index contributed by atoms with van der Waals surface area (Å²) in [6, 6.07) is 9.60. The Hall–Kier alpha value is -1.61. The van der Waals surface area contributed by atoms with Crippen LogP contribution < -0.4 is 5.73 Å². The number of hydrogen-bond donors (Lipinski definition) is 1. The second-order valence-electron chi connectivity index (χ2n) is 4.06. The van der Waals surface area contributed by atoms with Gasteiger partial charge in [0.15, 0.2) is 0 Å². The smallest absolute Gasteiger partial charge is 0.308 e. The molecular formula is C14H19NO2. The summed E-state index contributed by atoms with van der Waals surface area (Å²) in [7, 11) is 1.37. The largest absolute Gasteiger partial charge is 0.469 e. The van der Waals surface area contributed by atoms with Crippen LogP contribution in [0.4, 0.5) is 0 Å². The predicted molar refractivity (Wildman–Crippen MR) is 68.4 cm³/mol. The molecule has 0 saturated heterocycles. The van der Waals surface area contributed by atoms with Gasteiger partial charge < -0.3 is 10.5 Å². The lowest BCUT2D eigenvalue weighted by Crippen LogP contribution is -2.40. The minimum Gasteiger partial charge on any atom is -0.469 e. The van der Waals surface area contributed by atoms with Crippen LogP contribution in [0, 0.1) is 0 Å². The van der Waals surface area contributed by atoms with E-state index in [1.165, 1.54) is 7.11 Å². The van der Waals surface area contributed by atoms with Gasteiger partial charge in [-0.25, -0.2) is 0 Å². The first kappa shape index (κ1) is 13.5. The first-order valence-electron chi connectivity index (χ1n) is 5.59. The van der Waals surface area contributed by atoms with Gasteiger partial charge in [-0.1, -0.05) is 42.0 Å². The molecule has 0 amide bonds. The summed E-state index contributed by atoms with van der Waals surface area (Å²) in [5.74, 6) is -0.308. The molecule has 2 N–H and O–H groups in total. The molecule has 1 unspecified atom stereocenters. The average molecular weight is 233 g/mol. The Morgan fingerprint density at radius 2 is 2.00 bits per heavy atom. The molecule has 1 aromatic rings. The first-order chi connectivity index (χ1) is 8.04. The second kappa shape index (κ2) is 5.64. The number of rotatable bonds is 4. The van der Waals surface area contributed by atoms with Crippen LogP contribution in [-0.4, -0.2) is 13.1 Å². The highest BCUT2D eigenvalue weighted by molar-refractivity contribution is 5.72. The molecule has 92 valence electrons. The van der Waals surface area contributed by atoms with Crippen LogP contribution >= 0.6 is 0 Å². The third-order valence-electron chi connectivity index (χ3n) is 3.08. The molecule has 0 spiro atoms. The van der Waals surface area contributed by atoms with Crippen molar-refractivity contribution in [2.45, 2.75) is 25.8 Å². The average Bonchev–Trinajstić information content (AvgIpc) is 2.38. The molecule has 0 aromatic heterocycles. The zero-order chi connectivity index (χ0) is 12.9. The van der Waals surface area contributed by atoms with Crippen molar-refractivity contribution in [1.82, 2.24) is 0 Å². The van der Waals surface area contributed by atoms with Crippen molar-refractivity contribution in [3.05, 3.63) is 47.5 Å². The standard InChI is InChI=1S/C14H19NO2/c1-4-11(2)14(15,10-13(16)17-3)12-8-6-5-7-9-12/h4-9H,10,15H2,1-3H3/b11-4-. The van der Waals surface area contributed by atoms with Gasteiger partial charge in [-0.2, -0.15) is 0 Å². The highest BCUT2D eigenvalue weighted by atomic mass is 16.5. The van der Waals surface area contributed by atoms with Crippen LogP contribution in [0.25, 0.3) is 0 Å². The van der Waals surface area contributed by atoms with Gasteiger partial charge in [0, 0.05) is 0 Å². The maximum absolute atomic E-state index is 11.5. The molecule has 0 aliphatic rings.